The quantitative estimate of drug-likeness (QED) is 0.746. The van der Waals surface area contributed by atoms with Crippen LogP contribution in [0.25, 0.3) is 11.1 Å². The average Bonchev–Trinajstić information content (AvgIpc) is 3.19. The molecule has 1 aromatic carbocycles. The zero-order chi connectivity index (χ0) is 18.0. The smallest absolute Gasteiger partial charge is 0.253 e. The maximum Gasteiger partial charge on any atom is 0.253 e. The third-order valence-corrected chi connectivity index (χ3v) is 4.40. The number of nitrogens with one attached hydrogen (secondary N) is 2. The Balaban J connectivity index is 1.78. The maximum atomic E-state index is 13.1. The second-order valence-corrected chi connectivity index (χ2v) is 5.94. The largest absolute Gasteiger partial charge is 0.366 e. The first kappa shape index (κ1) is 17.0. The Bertz CT molecular complexity index is 893. The van der Waals surface area contributed by atoms with Crippen LogP contribution in [0, 0.1) is 19.7 Å². The van der Waals surface area contributed by atoms with Gasteiger partial charge in [-0.1, -0.05) is 12.1 Å². The Morgan fingerprint density at radius 3 is 2.60 bits per heavy atom. The lowest BCUT2D eigenvalue weighted by Gasteiger charge is -2.07. The van der Waals surface area contributed by atoms with Gasteiger partial charge in [0.1, 0.15) is 5.82 Å². The Labute approximate surface area is 145 Å². The molecular weight excluding hydrogens is 319 g/mol. The first-order valence-corrected chi connectivity index (χ1v) is 8.25. The monoisotopic (exact) mass is 340 g/mol. The zero-order valence-corrected chi connectivity index (χ0v) is 14.6. The van der Waals surface area contributed by atoms with Crippen LogP contribution in [0.5, 0.6) is 0 Å². The highest BCUT2D eigenvalue weighted by Gasteiger charge is 2.16. The molecule has 3 rings (SSSR count). The standard InChI is InChI=1S/C19H21FN4O/c1-4-24-13(3)16(12(2)23-24)11-22-19(25)18-10-21-9-17(18)14-5-7-15(20)8-6-14/h5-10,21H,4,11H2,1-3H3,(H,22,25). The van der Waals surface area contributed by atoms with Crippen molar-refractivity contribution in [3.63, 3.8) is 0 Å². The molecule has 130 valence electrons. The first-order chi connectivity index (χ1) is 12.0. The molecule has 2 heterocycles. The van der Waals surface area contributed by atoms with Crippen molar-refractivity contribution in [3.8, 4) is 11.1 Å². The Hall–Kier alpha value is -2.89. The molecule has 0 fully saturated rings. The Kier molecular flexibility index (Phi) is 4.70. The molecule has 0 saturated heterocycles. The predicted octanol–water partition coefficient (Wildman–Crippen LogP) is 3.58. The highest BCUT2D eigenvalue weighted by atomic mass is 19.1. The number of nitrogens with zero attached hydrogens (tertiary/aromatic N) is 2. The van der Waals surface area contributed by atoms with Crippen LogP contribution in [-0.2, 0) is 13.1 Å². The summed E-state index contributed by atoms with van der Waals surface area (Å²) in [7, 11) is 0. The molecule has 2 aromatic heterocycles. The van der Waals surface area contributed by atoms with Crippen molar-refractivity contribution in [2.45, 2.75) is 33.9 Å². The van der Waals surface area contributed by atoms with E-state index in [4.69, 9.17) is 0 Å². The fourth-order valence-corrected chi connectivity index (χ4v) is 2.98. The minimum atomic E-state index is -0.302. The van der Waals surface area contributed by atoms with E-state index in [1.54, 1.807) is 24.5 Å². The molecule has 25 heavy (non-hydrogen) atoms. The first-order valence-electron chi connectivity index (χ1n) is 8.25. The van der Waals surface area contributed by atoms with Crippen LogP contribution >= 0.6 is 0 Å². The fourth-order valence-electron chi connectivity index (χ4n) is 2.98. The van der Waals surface area contributed by atoms with E-state index >= 15 is 0 Å². The van der Waals surface area contributed by atoms with E-state index in [1.165, 1.54) is 12.1 Å². The highest BCUT2D eigenvalue weighted by molar-refractivity contribution is 6.00. The van der Waals surface area contributed by atoms with Gasteiger partial charge in [0.2, 0.25) is 0 Å². The molecule has 0 atom stereocenters. The lowest BCUT2D eigenvalue weighted by atomic mass is 10.0. The fraction of sp³-hybridized carbons (Fsp3) is 0.263. The molecule has 0 radical (unpaired) electrons. The third kappa shape index (κ3) is 3.33. The van der Waals surface area contributed by atoms with E-state index in [9.17, 15) is 9.18 Å². The van der Waals surface area contributed by atoms with Crippen molar-refractivity contribution in [2.75, 3.05) is 0 Å². The van der Waals surface area contributed by atoms with Crippen LogP contribution in [0.15, 0.2) is 36.7 Å². The number of benzene rings is 1. The number of H-pyrrole nitrogens is 1. The Morgan fingerprint density at radius 1 is 1.24 bits per heavy atom. The van der Waals surface area contributed by atoms with Crippen molar-refractivity contribution in [1.29, 1.82) is 0 Å². The molecule has 6 heteroatoms. The predicted molar refractivity (Wildman–Crippen MR) is 94.7 cm³/mol. The molecule has 0 unspecified atom stereocenters. The van der Waals surface area contributed by atoms with Gasteiger partial charge < -0.3 is 10.3 Å². The van der Waals surface area contributed by atoms with E-state index in [0.717, 1.165) is 34.6 Å². The lowest BCUT2D eigenvalue weighted by molar-refractivity contribution is 0.0951. The molecule has 0 aliphatic carbocycles. The number of aromatic nitrogens is 3. The number of halogens is 1. The van der Waals surface area contributed by atoms with Gasteiger partial charge in [0.25, 0.3) is 5.91 Å². The van der Waals surface area contributed by atoms with Gasteiger partial charge in [0, 0.05) is 42.3 Å². The molecule has 0 aliphatic rings. The summed E-state index contributed by atoms with van der Waals surface area (Å²) in [4.78, 5) is 15.6. The zero-order valence-electron chi connectivity index (χ0n) is 14.6. The van der Waals surface area contributed by atoms with Crippen molar-refractivity contribution in [2.24, 2.45) is 0 Å². The van der Waals surface area contributed by atoms with Crippen molar-refractivity contribution < 1.29 is 9.18 Å². The molecule has 0 bridgehead atoms. The third-order valence-electron chi connectivity index (χ3n) is 4.40. The van der Waals surface area contributed by atoms with Crippen molar-refractivity contribution in [1.82, 2.24) is 20.1 Å². The number of amides is 1. The second-order valence-electron chi connectivity index (χ2n) is 5.94. The van der Waals surface area contributed by atoms with Crippen LogP contribution in [0.2, 0.25) is 0 Å². The minimum absolute atomic E-state index is 0.177. The highest BCUT2D eigenvalue weighted by Crippen LogP contribution is 2.24. The van der Waals surface area contributed by atoms with Crippen LogP contribution in [0.4, 0.5) is 4.39 Å². The summed E-state index contributed by atoms with van der Waals surface area (Å²) in [6.45, 7) is 7.21. The van der Waals surface area contributed by atoms with E-state index in [2.05, 4.69) is 15.4 Å². The molecule has 0 spiro atoms. The lowest BCUT2D eigenvalue weighted by Crippen LogP contribution is -2.23. The SMILES string of the molecule is CCn1nc(C)c(CNC(=O)c2c[nH]cc2-c2ccc(F)cc2)c1C. The summed E-state index contributed by atoms with van der Waals surface area (Å²) >= 11 is 0. The summed E-state index contributed by atoms with van der Waals surface area (Å²) < 4.78 is 15.0. The van der Waals surface area contributed by atoms with E-state index in [0.29, 0.717) is 12.1 Å². The van der Waals surface area contributed by atoms with Crippen molar-refractivity contribution in [3.05, 3.63) is 65.0 Å². The number of hydrogen-bond donors (Lipinski definition) is 2. The van der Waals surface area contributed by atoms with Crippen LogP contribution in [0.1, 0.15) is 34.2 Å². The molecule has 0 saturated carbocycles. The van der Waals surface area contributed by atoms with Gasteiger partial charge in [-0.15, -0.1) is 0 Å². The number of aryl methyl sites for hydroxylation is 2. The van der Waals surface area contributed by atoms with Gasteiger partial charge in [-0.25, -0.2) is 4.39 Å². The topological polar surface area (TPSA) is 62.7 Å². The van der Waals surface area contributed by atoms with Gasteiger partial charge in [-0.05, 0) is 38.5 Å². The summed E-state index contributed by atoms with van der Waals surface area (Å²) in [6, 6.07) is 6.09. The average molecular weight is 340 g/mol. The van der Waals surface area contributed by atoms with Crippen LogP contribution in [0.3, 0.4) is 0 Å². The number of hydrogen-bond acceptors (Lipinski definition) is 2. The number of carbonyl (C=O) groups is 1. The molecule has 2 N–H and O–H groups in total. The van der Waals surface area contributed by atoms with E-state index in [-0.39, 0.29) is 11.7 Å². The van der Waals surface area contributed by atoms with Gasteiger partial charge in [-0.3, -0.25) is 9.48 Å². The minimum Gasteiger partial charge on any atom is -0.366 e. The molecular formula is C19H21FN4O. The van der Waals surface area contributed by atoms with Gasteiger partial charge in [-0.2, -0.15) is 5.10 Å². The number of carbonyl (C=O) groups excluding carboxylic acids is 1. The van der Waals surface area contributed by atoms with E-state index in [1.807, 2.05) is 25.5 Å². The van der Waals surface area contributed by atoms with E-state index < -0.39 is 0 Å². The van der Waals surface area contributed by atoms with Gasteiger partial charge >= 0.3 is 0 Å². The maximum absolute atomic E-state index is 13.1. The molecule has 3 aromatic rings. The second kappa shape index (κ2) is 6.93. The van der Waals surface area contributed by atoms with Gasteiger partial charge in [0.15, 0.2) is 0 Å². The van der Waals surface area contributed by atoms with Crippen LogP contribution < -0.4 is 5.32 Å². The van der Waals surface area contributed by atoms with Crippen molar-refractivity contribution >= 4 is 5.91 Å². The molecule has 5 nitrogen and oxygen atoms in total. The Morgan fingerprint density at radius 2 is 1.96 bits per heavy atom. The van der Waals surface area contributed by atoms with Gasteiger partial charge in [0.05, 0.1) is 11.3 Å². The molecule has 0 aliphatic heterocycles. The summed E-state index contributed by atoms with van der Waals surface area (Å²) in [5.74, 6) is -0.479. The summed E-state index contributed by atoms with van der Waals surface area (Å²) in [6.07, 6.45) is 3.40. The normalized spacial score (nSPS) is 10.9. The summed E-state index contributed by atoms with van der Waals surface area (Å²) in [5, 5.41) is 7.42. The summed E-state index contributed by atoms with van der Waals surface area (Å²) in [5.41, 5.74) is 5.09. The molecule has 1 amide bonds. The number of rotatable bonds is 5. The van der Waals surface area contributed by atoms with Crippen LogP contribution in [-0.4, -0.2) is 20.7 Å². The number of aromatic amines is 1.